The largest absolute Gasteiger partial charge is 0.358 e. The van der Waals surface area contributed by atoms with Crippen LogP contribution in [0.15, 0.2) is 51.8 Å². The van der Waals surface area contributed by atoms with Crippen molar-refractivity contribution < 1.29 is 12.7 Å². The summed E-state index contributed by atoms with van der Waals surface area (Å²) in [6.07, 6.45) is 0. The summed E-state index contributed by atoms with van der Waals surface area (Å²) in [5.74, 6) is 0. The normalized spacial score (nSPS) is 11.9. The smallest absolute Gasteiger partial charge is 0.263 e. The van der Waals surface area contributed by atoms with Crippen molar-refractivity contribution in [3.8, 4) is 6.07 Å². The van der Waals surface area contributed by atoms with Gasteiger partial charge in [0.25, 0.3) is 0 Å². The van der Waals surface area contributed by atoms with Gasteiger partial charge in [-0.2, -0.15) is 13.7 Å². The van der Waals surface area contributed by atoms with Crippen LogP contribution in [-0.4, -0.2) is 14.1 Å². The van der Waals surface area contributed by atoms with Gasteiger partial charge in [-0.05, 0) is 30.5 Å². The second kappa shape index (κ2) is 5.86. The van der Waals surface area contributed by atoms with E-state index in [0.717, 1.165) is 5.56 Å². The third-order valence-corrected chi connectivity index (χ3v) is 4.39. The van der Waals surface area contributed by atoms with Crippen molar-refractivity contribution in [1.82, 2.24) is 0 Å². The SMILES string of the molecule is Cc1ccc(S(=O)(=O)O/N=C(\C#N)c2cccs2)cc1. The number of rotatable bonds is 4. The zero-order chi connectivity index (χ0) is 14.6. The standard InChI is InChI=1S/C13H10N2O3S2/c1-10-4-6-11(7-5-10)20(16,17)18-15-12(9-14)13-3-2-8-19-13/h2-8H,1H3/b15-12+. The van der Waals surface area contributed by atoms with Gasteiger partial charge in [0.15, 0.2) is 5.71 Å². The number of oxime groups is 1. The van der Waals surface area contributed by atoms with Crippen LogP contribution in [0.1, 0.15) is 10.4 Å². The monoisotopic (exact) mass is 306 g/mol. The average Bonchev–Trinajstić information content (AvgIpc) is 2.94. The molecule has 0 saturated carbocycles. The maximum Gasteiger partial charge on any atom is 0.358 e. The molecule has 0 aliphatic rings. The van der Waals surface area contributed by atoms with Gasteiger partial charge in [0.1, 0.15) is 11.0 Å². The first-order valence-electron chi connectivity index (χ1n) is 5.55. The van der Waals surface area contributed by atoms with Crippen molar-refractivity contribution in [2.45, 2.75) is 11.8 Å². The molecule has 0 aliphatic heterocycles. The Morgan fingerprint density at radius 1 is 1.30 bits per heavy atom. The number of nitriles is 1. The predicted molar refractivity (Wildman–Crippen MR) is 75.9 cm³/mol. The lowest BCUT2D eigenvalue weighted by atomic mass is 10.2. The Morgan fingerprint density at radius 2 is 2.00 bits per heavy atom. The summed E-state index contributed by atoms with van der Waals surface area (Å²) in [5.41, 5.74) is 0.861. The molecule has 2 rings (SSSR count). The fourth-order valence-electron chi connectivity index (χ4n) is 1.37. The first kappa shape index (κ1) is 14.2. The Balaban J connectivity index is 2.25. The molecule has 1 aromatic carbocycles. The molecule has 7 heteroatoms. The van der Waals surface area contributed by atoms with Gasteiger partial charge in [0.05, 0.1) is 4.88 Å². The summed E-state index contributed by atoms with van der Waals surface area (Å²) < 4.78 is 28.4. The van der Waals surface area contributed by atoms with Crippen molar-refractivity contribution in [2.75, 3.05) is 0 Å². The number of nitrogens with zero attached hydrogens (tertiary/aromatic N) is 2. The van der Waals surface area contributed by atoms with Crippen LogP contribution in [0.3, 0.4) is 0 Å². The molecule has 0 unspecified atom stereocenters. The summed E-state index contributed by atoms with van der Waals surface area (Å²) >= 11 is 1.28. The Morgan fingerprint density at radius 3 is 2.55 bits per heavy atom. The van der Waals surface area contributed by atoms with Crippen LogP contribution in [0.25, 0.3) is 0 Å². The van der Waals surface area contributed by atoms with Crippen LogP contribution in [0.2, 0.25) is 0 Å². The molecule has 0 N–H and O–H groups in total. The summed E-state index contributed by atoms with van der Waals surface area (Å²) in [7, 11) is -4.01. The molecular weight excluding hydrogens is 296 g/mol. The highest BCUT2D eigenvalue weighted by atomic mass is 32.2. The molecule has 0 aliphatic carbocycles. The van der Waals surface area contributed by atoms with E-state index in [1.54, 1.807) is 29.6 Å². The predicted octanol–water partition coefficient (Wildman–Crippen LogP) is 2.69. The maximum atomic E-state index is 11.9. The second-order valence-corrected chi connectivity index (χ2v) is 6.35. The summed E-state index contributed by atoms with van der Waals surface area (Å²) in [5, 5.41) is 14.1. The zero-order valence-corrected chi connectivity index (χ0v) is 12.1. The van der Waals surface area contributed by atoms with Crippen molar-refractivity contribution >= 4 is 27.2 Å². The Kier molecular flexibility index (Phi) is 4.17. The minimum absolute atomic E-state index is 0.00433. The third-order valence-electron chi connectivity index (χ3n) is 2.40. The van der Waals surface area contributed by atoms with Gasteiger partial charge in [-0.3, -0.25) is 4.28 Å². The van der Waals surface area contributed by atoms with Crippen LogP contribution >= 0.6 is 11.3 Å². The fraction of sp³-hybridized carbons (Fsp3) is 0.0769. The summed E-state index contributed by atoms with van der Waals surface area (Å²) in [4.78, 5) is 0.543. The lowest BCUT2D eigenvalue weighted by Crippen LogP contribution is -2.05. The third kappa shape index (κ3) is 3.23. The van der Waals surface area contributed by atoms with E-state index in [1.807, 2.05) is 13.0 Å². The van der Waals surface area contributed by atoms with E-state index < -0.39 is 10.1 Å². The van der Waals surface area contributed by atoms with Crippen molar-refractivity contribution in [3.63, 3.8) is 0 Å². The van der Waals surface area contributed by atoms with E-state index in [2.05, 4.69) is 9.44 Å². The second-order valence-electron chi connectivity index (χ2n) is 3.87. The van der Waals surface area contributed by atoms with Crippen molar-refractivity contribution in [1.29, 1.82) is 5.26 Å². The van der Waals surface area contributed by atoms with E-state index in [9.17, 15) is 8.42 Å². The van der Waals surface area contributed by atoms with E-state index in [1.165, 1.54) is 23.5 Å². The van der Waals surface area contributed by atoms with Crippen LogP contribution < -0.4 is 0 Å². The van der Waals surface area contributed by atoms with Crippen molar-refractivity contribution in [2.24, 2.45) is 5.16 Å². The van der Waals surface area contributed by atoms with Crippen LogP contribution in [-0.2, 0) is 14.4 Å². The molecule has 102 valence electrons. The topological polar surface area (TPSA) is 79.5 Å². The molecule has 0 atom stereocenters. The van der Waals surface area contributed by atoms with E-state index in [0.29, 0.717) is 4.88 Å². The van der Waals surface area contributed by atoms with Crippen LogP contribution in [0, 0.1) is 18.3 Å². The maximum absolute atomic E-state index is 11.9. The lowest BCUT2D eigenvalue weighted by molar-refractivity contribution is 0.339. The van der Waals surface area contributed by atoms with Gasteiger partial charge in [-0.1, -0.05) is 28.9 Å². The Bertz CT molecular complexity index is 755. The Hall–Kier alpha value is -2.17. The molecule has 1 heterocycles. The minimum Gasteiger partial charge on any atom is -0.263 e. The lowest BCUT2D eigenvalue weighted by Gasteiger charge is -2.02. The molecule has 1 aromatic heterocycles. The van der Waals surface area contributed by atoms with Crippen LogP contribution in [0.4, 0.5) is 0 Å². The first-order chi connectivity index (χ1) is 9.53. The van der Waals surface area contributed by atoms with Gasteiger partial charge in [-0.15, -0.1) is 11.3 Å². The van der Waals surface area contributed by atoms with Crippen LogP contribution in [0.5, 0.6) is 0 Å². The van der Waals surface area contributed by atoms with E-state index >= 15 is 0 Å². The van der Waals surface area contributed by atoms with Crippen molar-refractivity contribution in [3.05, 3.63) is 52.2 Å². The molecule has 0 spiro atoms. The average molecular weight is 306 g/mol. The van der Waals surface area contributed by atoms with E-state index in [4.69, 9.17) is 5.26 Å². The highest BCUT2D eigenvalue weighted by molar-refractivity contribution is 7.86. The number of aryl methyl sites for hydroxylation is 1. The molecule has 0 bridgehead atoms. The number of hydrogen-bond acceptors (Lipinski definition) is 6. The Labute approximate surface area is 120 Å². The number of thiophene rings is 1. The number of benzene rings is 1. The molecule has 20 heavy (non-hydrogen) atoms. The molecule has 5 nitrogen and oxygen atoms in total. The van der Waals surface area contributed by atoms with Gasteiger partial charge < -0.3 is 0 Å². The summed E-state index contributed by atoms with van der Waals surface area (Å²) in [6, 6.07) is 11.4. The molecule has 2 aromatic rings. The number of hydrogen-bond donors (Lipinski definition) is 0. The molecule has 0 radical (unpaired) electrons. The highest BCUT2D eigenvalue weighted by Gasteiger charge is 2.16. The van der Waals surface area contributed by atoms with Gasteiger partial charge in [-0.25, -0.2) is 0 Å². The quantitative estimate of drug-likeness (QED) is 0.642. The minimum atomic E-state index is -4.01. The molecule has 0 amide bonds. The van der Waals surface area contributed by atoms with Gasteiger partial charge >= 0.3 is 10.1 Å². The molecule has 0 saturated heterocycles. The molecule has 0 fully saturated rings. The first-order valence-corrected chi connectivity index (χ1v) is 7.84. The zero-order valence-electron chi connectivity index (χ0n) is 10.5. The highest BCUT2D eigenvalue weighted by Crippen LogP contribution is 2.15. The fourth-order valence-corrected chi connectivity index (χ4v) is 2.75. The van der Waals surface area contributed by atoms with Gasteiger partial charge in [0.2, 0.25) is 0 Å². The van der Waals surface area contributed by atoms with E-state index in [-0.39, 0.29) is 10.6 Å². The molecular formula is C13H10N2O3S2. The summed E-state index contributed by atoms with van der Waals surface area (Å²) in [6.45, 7) is 1.85. The van der Waals surface area contributed by atoms with Gasteiger partial charge in [0, 0.05) is 0 Å².